The molecule has 3 heterocycles. The van der Waals surface area contributed by atoms with Crippen molar-refractivity contribution in [2.45, 2.75) is 32.5 Å². The van der Waals surface area contributed by atoms with E-state index in [9.17, 15) is 13.2 Å². The zero-order valence-electron chi connectivity index (χ0n) is 18.2. The van der Waals surface area contributed by atoms with Crippen molar-refractivity contribution in [1.82, 2.24) is 19.9 Å². The maximum Gasteiger partial charge on any atom is 0.417 e. The van der Waals surface area contributed by atoms with Gasteiger partial charge in [-0.2, -0.15) is 13.2 Å². The Bertz CT molecular complexity index is 1250. The number of hydrogen-bond donors (Lipinski definition) is 2. The van der Waals surface area contributed by atoms with Crippen LogP contribution in [-0.2, 0) is 6.18 Å². The van der Waals surface area contributed by atoms with E-state index in [1.165, 1.54) is 18.5 Å². The summed E-state index contributed by atoms with van der Waals surface area (Å²) in [6.07, 6.45) is 0.312. The first-order chi connectivity index (χ1) is 15.6. The van der Waals surface area contributed by atoms with Gasteiger partial charge in [0.15, 0.2) is 0 Å². The molecule has 4 aromatic rings. The monoisotopic (exact) mass is 453 g/mol. The van der Waals surface area contributed by atoms with E-state index >= 15 is 0 Å². The minimum absolute atomic E-state index is 0.0189. The lowest BCUT2D eigenvalue weighted by Crippen LogP contribution is -2.23. The van der Waals surface area contributed by atoms with E-state index in [4.69, 9.17) is 4.74 Å². The maximum absolute atomic E-state index is 13.7. The first-order valence-corrected chi connectivity index (χ1v) is 10.2. The zero-order valence-corrected chi connectivity index (χ0v) is 18.2. The molecular weight excluding hydrogens is 431 g/mol. The van der Waals surface area contributed by atoms with Crippen LogP contribution in [0.2, 0.25) is 0 Å². The highest BCUT2D eigenvalue weighted by atomic mass is 19.4. The fourth-order valence-electron chi connectivity index (χ4n) is 3.27. The van der Waals surface area contributed by atoms with Gasteiger partial charge in [-0.05, 0) is 56.2 Å². The summed E-state index contributed by atoms with van der Waals surface area (Å²) < 4.78 is 47.0. The van der Waals surface area contributed by atoms with Crippen LogP contribution in [0.4, 0.5) is 24.8 Å². The molecule has 6 nitrogen and oxygen atoms in total. The molecule has 0 bridgehead atoms. The van der Waals surface area contributed by atoms with Gasteiger partial charge < -0.3 is 15.0 Å². The molecule has 0 saturated carbocycles. The number of ether oxygens (including phenoxy) is 1. The number of nitrogens with zero attached hydrogens (tertiary/aromatic N) is 3. The number of halogens is 3. The number of aromatic amines is 1. The van der Waals surface area contributed by atoms with Crippen LogP contribution in [0.15, 0.2) is 67.3 Å². The van der Waals surface area contributed by atoms with Crippen molar-refractivity contribution >= 4 is 11.6 Å². The molecule has 33 heavy (non-hydrogen) atoms. The molecule has 0 radical (unpaired) electrons. The smallest absolute Gasteiger partial charge is 0.417 e. The average molecular weight is 453 g/mol. The van der Waals surface area contributed by atoms with Crippen molar-refractivity contribution in [3.8, 4) is 28.3 Å². The van der Waals surface area contributed by atoms with Crippen LogP contribution in [0, 0.1) is 0 Å². The van der Waals surface area contributed by atoms with Crippen LogP contribution < -0.4 is 10.1 Å². The van der Waals surface area contributed by atoms with E-state index in [1.807, 2.05) is 20.8 Å². The van der Waals surface area contributed by atoms with Crippen molar-refractivity contribution in [3.05, 3.63) is 72.8 Å². The minimum Gasteiger partial charge on any atom is -0.472 e. The molecular formula is C24H22F3N5O. The number of nitrogens with one attached hydrogen (secondary N) is 2. The Hall–Kier alpha value is -3.88. The summed E-state index contributed by atoms with van der Waals surface area (Å²) in [5.74, 6) is 1.35. The SMILES string of the molecule is CC(C)(C)Oc1cc(-c2ccnc(Nc3c[nH]cn3)c2)cc(-c2ccccc2C(F)(F)F)n1. The van der Waals surface area contributed by atoms with Gasteiger partial charge >= 0.3 is 6.18 Å². The lowest BCUT2D eigenvalue weighted by Gasteiger charge is -2.22. The van der Waals surface area contributed by atoms with E-state index in [1.54, 1.807) is 42.7 Å². The Balaban J connectivity index is 1.82. The lowest BCUT2D eigenvalue weighted by molar-refractivity contribution is -0.137. The van der Waals surface area contributed by atoms with Gasteiger partial charge in [-0.1, -0.05) is 18.2 Å². The Morgan fingerprint density at radius 3 is 2.39 bits per heavy atom. The summed E-state index contributed by atoms with van der Waals surface area (Å²) >= 11 is 0. The van der Waals surface area contributed by atoms with Crippen molar-refractivity contribution in [1.29, 1.82) is 0 Å². The molecule has 0 unspecified atom stereocenters. The van der Waals surface area contributed by atoms with Crippen molar-refractivity contribution in [3.63, 3.8) is 0 Å². The largest absolute Gasteiger partial charge is 0.472 e. The fourth-order valence-corrected chi connectivity index (χ4v) is 3.27. The molecule has 1 aromatic carbocycles. The van der Waals surface area contributed by atoms with Gasteiger partial charge in [-0.15, -0.1) is 0 Å². The predicted octanol–water partition coefficient (Wildman–Crippen LogP) is 6.47. The topological polar surface area (TPSA) is 75.7 Å². The molecule has 3 aromatic heterocycles. The Morgan fingerprint density at radius 1 is 0.909 bits per heavy atom. The van der Waals surface area contributed by atoms with E-state index < -0.39 is 17.3 Å². The highest BCUT2D eigenvalue weighted by molar-refractivity contribution is 5.75. The third-order valence-corrected chi connectivity index (χ3v) is 4.57. The number of imidazole rings is 1. The standard InChI is InChI=1S/C24H22F3N5O/c1-23(2,3)33-22-12-16(15-8-9-29-20(11-15)32-21-13-28-14-30-21)10-19(31-22)17-6-4-5-7-18(17)24(25,26)27/h4-14H,1-3H3,(H,28,30)(H,29,32). The van der Waals surface area contributed by atoms with E-state index in [2.05, 4.69) is 25.3 Å². The number of H-pyrrole nitrogens is 1. The third kappa shape index (κ3) is 5.49. The fraction of sp³-hybridized carbons (Fsp3) is 0.208. The van der Waals surface area contributed by atoms with Crippen LogP contribution >= 0.6 is 0 Å². The average Bonchev–Trinajstić information content (AvgIpc) is 3.25. The first-order valence-electron chi connectivity index (χ1n) is 10.2. The summed E-state index contributed by atoms with van der Waals surface area (Å²) in [7, 11) is 0. The van der Waals surface area contributed by atoms with Crippen molar-refractivity contribution < 1.29 is 17.9 Å². The normalized spacial score (nSPS) is 11.9. The van der Waals surface area contributed by atoms with Gasteiger partial charge in [0.2, 0.25) is 5.88 Å². The number of hydrogen-bond acceptors (Lipinski definition) is 5. The Labute approximate surface area is 188 Å². The molecule has 0 aliphatic rings. The number of anilines is 2. The third-order valence-electron chi connectivity index (χ3n) is 4.57. The molecule has 0 atom stereocenters. The molecule has 170 valence electrons. The molecule has 9 heteroatoms. The second kappa shape index (κ2) is 8.57. The second-order valence-corrected chi connectivity index (χ2v) is 8.35. The number of rotatable bonds is 5. The van der Waals surface area contributed by atoms with Crippen LogP contribution in [0.5, 0.6) is 5.88 Å². The minimum atomic E-state index is -4.52. The van der Waals surface area contributed by atoms with Crippen LogP contribution in [0.1, 0.15) is 26.3 Å². The molecule has 0 amide bonds. The highest BCUT2D eigenvalue weighted by Crippen LogP contribution is 2.38. The van der Waals surface area contributed by atoms with Gasteiger partial charge in [-0.3, -0.25) is 0 Å². The van der Waals surface area contributed by atoms with Gasteiger partial charge in [-0.25, -0.2) is 15.0 Å². The number of benzene rings is 1. The van der Waals surface area contributed by atoms with Crippen molar-refractivity contribution in [2.24, 2.45) is 0 Å². The summed E-state index contributed by atoms with van der Waals surface area (Å²) in [4.78, 5) is 15.7. The summed E-state index contributed by atoms with van der Waals surface area (Å²) in [5, 5.41) is 3.07. The van der Waals surface area contributed by atoms with E-state index in [0.717, 1.165) is 11.6 Å². The van der Waals surface area contributed by atoms with Crippen LogP contribution in [-0.4, -0.2) is 25.5 Å². The summed E-state index contributed by atoms with van der Waals surface area (Å²) in [5.41, 5.74) is 0.176. The number of pyridine rings is 2. The molecule has 0 aliphatic carbocycles. The maximum atomic E-state index is 13.7. The Kier molecular flexibility index (Phi) is 5.80. The van der Waals surface area contributed by atoms with Gasteiger partial charge in [0, 0.05) is 24.0 Å². The molecule has 0 spiro atoms. The van der Waals surface area contributed by atoms with Crippen LogP contribution in [0.3, 0.4) is 0 Å². The summed E-state index contributed by atoms with van der Waals surface area (Å²) in [6.45, 7) is 5.55. The van der Waals surface area contributed by atoms with E-state index in [-0.39, 0.29) is 17.1 Å². The molecule has 0 aliphatic heterocycles. The number of alkyl halides is 3. The van der Waals surface area contributed by atoms with Gasteiger partial charge in [0.1, 0.15) is 17.2 Å². The second-order valence-electron chi connectivity index (χ2n) is 8.35. The number of aromatic nitrogens is 4. The quantitative estimate of drug-likeness (QED) is 0.362. The Morgan fingerprint density at radius 2 is 1.70 bits per heavy atom. The van der Waals surface area contributed by atoms with Crippen molar-refractivity contribution in [2.75, 3.05) is 5.32 Å². The van der Waals surface area contributed by atoms with E-state index in [0.29, 0.717) is 17.2 Å². The molecule has 0 saturated heterocycles. The predicted molar refractivity (Wildman–Crippen MR) is 120 cm³/mol. The molecule has 4 rings (SSSR count). The van der Waals surface area contributed by atoms with Crippen LogP contribution in [0.25, 0.3) is 22.4 Å². The lowest BCUT2D eigenvalue weighted by atomic mass is 10.00. The first kappa shape index (κ1) is 22.3. The summed E-state index contributed by atoms with van der Waals surface area (Å²) in [6, 6.07) is 12.3. The molecule has 2 N–H and O–H groups in total. The highest BCUT2D eigenvalue weighted by Gasteiger charge is 2.34. The molecule has 0 fully saturated rings. The van der Waals surface area contributed by atoms with Gasteiger partial charge in [0.25, 0.3) is 0 Å². The van der Waals surface area contributed by atoms with Gasteiger partial charge in [0.05, 0.1) is 17.6 Å². The zero-order chi connectivity index (χ0) is 23.6.